The molecule has 62 valence electrons. The van der Waals surface area contributed by atoms with E-state index < -0.39 is 0 Å². The Morgan fingerprint density at radius 3 is 2.09 bits per heavy atom. The van der Waals surface area contributed by atoms with Crippen LogP contribution in [0.2, 0.25) is 0 Å². The molecule has 11 heavy (non-hydrogen) atoms. The zero-order chi connectivity index (χ0) is 8.65. The molecule has 0 aliphatic rings. The lowest BCUT2D eigenvalue weighted by molar-refractivity contribution is 0.583. The van der Waals surface area contributed by atoms with Gasteiger partial charge in [0.1, 0.15) is 0 Å². The van der Waals surface area contributed by atoms with E-state index in [1.54, 1.807) is 0 Å². The first kappa shape index (κ1) is 8.53. The molecular formula is C8H13NOS. The van der Waals surface area contributed by atoms with Crippen LogP contribution in [0.5, 0.6) is 0 Å². The molecule has 0 aliphatic heterocycles. The quantitative estimate of drug-likeness (QED) is 0.636. The Bertz CT molecular complexity index is 303. The van der Waals surface area contributed by atoms with E-state index in [0.717, 1.165) is 10.4 Å². The molecule has 2 nitrogen and oxygen atoms in total. The molecule has 0 aromatic carbocycles. The van der Waals surface area contributed by atoms with Gasteiger partial charge in [-0.3, -0.25) is 9.17 Å². The van der Waals surface area contributed by atoms with E-state index in [1.165, 1.54) is 11.5 Å². The lowest BCUT2D eigenvalue weighted by atomic mass is 9.88. The third-order valence-electron chi connectivity index (χ3n) is 1.63. The van der Waals surface area contributed by atoms with Gasteiger partial charge in [-0.1, -0.05) is 32.3 Å². The van der Waals surface area contributed by atoms with Crippen molar-refractivity contribution >= 4 is 11.5 Å². The molecule has 0 amide bonds. The van der Waals surface area contributed by atoms with Crippen LogP contribution in [0.1, 0.15) is 31.2 Å². The molecule has 1 rings (SSSR count). The fraction of sp³-hybridized carbons (Fsp3) is 0.625. The summed E-state index contributed by atoms with van der Waals surface area (Å²) >= 11 is 1.42. The predicted molar refractivity (Wildman–Crippen MR) is 48.4 cm³/mol. The molecule has 0 atom stereocenters. The first-order valence-electron chi connectivity index (χ1n) is 3.61. The number of aromatic amines is 1. The highest BCUT2D eigenvalue weighted by atomic mass is 32.1. The molecule has 0 spiro atoms. The molecule has 1 N–H and O–H groups in total. The largest absolute Gasteiger partial charge is 0.277 e. The van der Waals surface area contributed by atoms with Crippen LogP contribution < -0.4 is 5.56 Å². The lowest BCUT2D eigenvalue weighted by Crippen LogP contribution is -2.21. The zero-order valence-electron chi connectivity index (χ0n) is 7.32. The van der Waals surface area contributed by atoms with Gasteiger partial charge in [-0.2, -0.15) is 0 Å². The molecule has 3 heteroatoms. The van der Waals surface area contributed by atoms with Crippen LogP contribution in [0.15, 0.2) is 4.79 Å². The Morgan fingerprint density at radius 2 is 1.91 bits per heavy atom. The normalized spacial score (nSPS) is 12.0. The number of aryl methyl sites for hydroxylation is 1. The SMILES string of the molecule is Cc1s[nH]c(=O)c1C(C)(C)C. The van der Waals surface area contributed by atoms with Gasteiger partial charge in [0.25, 0.3) is 5.56 Å². The molecule has 0 unspecified atom stereocenters. The first-order valence-corrected chi connectivity index (χ1v) is 4.43. The van der Waals surface area contributed by atoms with Crippen molar-refractivity contribution in [1.29, 1.82) is 0 Å². The Labute approximate surface area is 70.4 Å². The summed E-state index contributed by atoms with van der Waals surface area (Å²) < 4.78 is 2.73. The molecular weight excluding hydrogens is 158 g/mol. The third kappa shape index (κ3) is 1.53. The van der Waals surface area contributed by atoms with E-state index in [2.05, 4.69) is 25.1 Å². The standard InChI is InChI=1S/C8H13NOS/c1-5-6(8(2,3)4)7(10)9-11-5/h1-4H3,(H,9,10). The molecule has 1 aromatic heterocycles. The summed E-state index contributed by atoms with van der Waals surface area (Å²) in [6.45, 7) is 8.13. The van der Waals surface area contributed by atoms with Crippen molar-refractivity contribution in [2.45, 2.75) is 33.1 Å². The van der Waals surface area contributed by atoms with Crippen LogP contribution in [0.4, 0.5) is 0 Å². The van der Waals surface area contributed by atoms with Crippen molar-refractivity contribution < 1.29 is 0 Å². The number of hydrogen-bond donors (Lipinski definition) is 1. The zero-order valence-corrected chi connectivity index (χ0v) is 8.13. The van der Waals surface area contributed by atoms with E-state index in [-0.39, 0.29) is 11.0 Å². The van der Waals surface area contributed by atoms with Crippen LogP contribution in [0, 0.1) is 6.92 Å². The van der Waals surface area contributed by atoms with Crippen molar-refractivity contribution in [2.75, 3.05) is 0 Å². The minimum absolute atomic E-state index is 0.0301. The van der Waals surface area contributed by atoms with Gasteiger partial charge in [-0.15, -0.1) is 0 Å². The van der Waals surface area contributed by atoms with Gasteiger partial charge in [-0.25, -0.2) is 0 Å². The van der Waals surface area contributed by atoms with Gasteiger partial charge in [0, 0.05) is 10.4 Å². The molecule has 0 bridgehead atoms. The third-order valence-corrected chi connectivity index (χ3v) is 2.42. The van der Waals surface area contributed by atoms with Gasteiger partial charge >= 0.3 is 0 Å². The summed E-state index contributed by atoms with van der Waals surface area (Å²) in [7, 11) is 0. The van der Waals surface area contributed by atoms with Crippen molar-refractivity contribution in [2.24, 2.45) is 0 Å². The maximum atomic E-state index is 11.2. The first-order chi connectivity index (χ1) is 4.93. The molecule has 0 fully saturated rings. The molecule has 0 saturated carbocycles. The number of rotatable bonds is 0. The van der Waals surface area contributed by atoms with E-state index in [1.807, 2.05) is 6.92 Å². The van der Waals surface area contributed by atoms with Crippen molar-refractivity contribution in [3.05, 3.63) is 20.8 Å². The van der Waals surface area contributed by atoms with E-state index in [4.69, 9.17) is 0 Å². The van der Waals surface area contributed by atoms with Crippen LogP contribution in [0.3, 0.4) is 0 Å². The maximum Gasteiger partial charge on any atom is 0.262 e. The minimum atomic E-state index is -0.0301. The molecule has 0 saturated heterocycles. The van der Waals surface area contributed by atoms with Gasteiger partial charge in [0.15, 0.2) is 0 Å². The molecule has 1 heterocycles. The highest BCUT2D eigenvalue weighted by molar-refractivity contribution is 7.05. The smallest absolute Gasteiger partial charge is 0.262 e. The summed E-state index contributed by atoms with van der Waals surface area (Å²) in [5.41, 5.74) is 0.958. The fourth-order valence-corrected chi connectivity index (χ4v) is 2.10. The Hall–Kier alpha value is -0.570. The van der Waals surface area contributed by atoms with Crippen molar-refractivity contribution in [3.63, 3.8) is 0 Å². The van der Waals surface area contributed by atoms with Crippen molar-refractivity contribution in [3.8, 4) is 0 Å². The maximum absolute atomic E-state index is 11.2. The number of hydrogen-bond acceptors (Lipinski definition) is 2. The summed E-state index contributed by atoms with van der Waals surface area (Å²) in [5.74, 6) is 0. The van der Waals surface area contributed by atoms with Gasteiger partial charge < -0.3 is 0 Å². The highest BCUT2D eigenvalue weighted by Crippen LogP contribution is 2.23. The Morgan fingerprint density at radius 1 is 1.36 bits per heavy atom. The minimum Gasteiger partial charge on any atom is -0.277 e. The number of nitrogens with one attached hydrogen (secondary N) is 1. The van der Waals surface area contributed by atoms with E-state index in [0.29, 0.717) is 0 Å². The summed E-state index contributed by atoms with van der Waals surface area (Å²) in [4.78, 5) is 12.3. The average molecular weight is 171 g/mol. The molecule has 1 aromatic rings. The second-order valence-electron chi connectivity index (χ2n) is 3.71. The van der Waals surface area contributed by atoms with Crippen LogP contribution in [0.25, 0.3) is 0 Å². The van der Waals surface area contributed by atoms with Crippen LogP contribution in [-0.4, -0.2) is 4.37 Å². The summed E-state index contributed by atoms with van der Waals surface area (Å²) in [6.07, 6.45) is 0. The molecule has 0 radical (unpaired) electrons. The summed E-state index contributed by atoms with van der Waals surface area (Å²) in [6, 6.07) is 0. The fourth-order valence-electron chi connectivity index (χ4n) is 1.25. The van der Waals surface area contributed by atoms with Gasteiger partial charge in [0.2, 0.25) is 0 Å². The van der Waals surface area contributed by atoms with Crippen LogP contribution in [-0.2, 0) is 5.41 Å². The van der Waals surface area contributed by atoms with E-state index >= 15 is 0 Å². The number of aromatic nitrogens is 1. The van der Waals surface area contributed by atoms with Crippen LogP contribution >= 0.6 is 11.5 Å². The van der Waals surface area contributed by atoms with E-state index in [9.17, 15) is 4.79 Å². The summed E-state index contributed by atoms with van der Waals surface area (Å²) in [5, 5.41) is 0. The topological polar surface area (TPSA) is 32.9 Å². The monoisotopic (exact) mass is 171 g/mol. The average Bonchev–Trinajstić information content (AvgIpc) is 2.08. The highest BCUT2D eigenvalue weighted by Gasteiger charge is 2.21. The second kappa shape index (κ2) is 2.48. The predicted octanol–water partition coefficient (Wildman–Crippen LogP) is 2.04. The number of H-pyrrole nitrogens is 1. The Balaban J connectivity index is 3.33. The Kier molecular flexibility index (Phi) is 1.92. The second-order valence-corrected chi connectivity index (χ2v) is 4.74. The van der Waals surface area contributed by atoms with Gasteiger partial charge in [0.05, 0.1) is 0 Å². The molecule has 0 aliphatic carbocycles. The van der Waals surface area contributed by atoms with Crippen molar-refractivity contribution in [1.82, 2.24) is 4.37 Å². The van der Waals surface area contributed by atoms with Gasteiger partial charge in [-0.05, 0) is 12.3 Å². The lowest BCUT2D eigenvalue weighted by Gasteiger charge is -2.15.